The zero-order chi connectivity index (χ0) is 86.9. The van der Waals surface area contributed by atoms with Crippen molar-refractivity contribution in [1.29, 1.82) is 0 Å². The number of fused-ring (bicyclic) bond motifs is 9. The predicted octanol–water partition coefficient (Wildman–Crippen LogP) is 14.1. The molecule has 0 aliphatic heterocycles. The third-order valence-electron chi connectivity index (χ3n) is 26.2. The van der Waals surface area contributed by atoms with Gasteiger partial charge in [-0.15, -0.1) is 0 Å². The molecular weight excluding hydrogens is 1560 g/mol. The van der Waals surface area contributed by atoms with Crippen LogP contribution < -0.4 is 47.4 Å². The maximum Gasteiger partial charge on any atom is 0.296 e. The Kier molecular flexibility index (Phi) is 23.0. The van der Waals surface area contributed by atoms with E-state index >= 15 is 0 Å². The number of pyridine rings is 1. The summed E-state index contributed by atoms with van der Waals surface area (Å²) in [6.45, 7) is 6.98. The summed E-state index contributed by atoms with van der Waals surface area (Å²) in [6.07, 6.45) is 27.7. The summed E-state index contributed by atoms with van der Waals surface area (Å²) in [6, 6.07) is 36.6. The molecule has 630 valence electrons. The van der Waals surface area contributed by atoms with Crippen LogP contribution in [0.3, 0.4) is 0 Å². The van der Waals surface area contributed by atoms with Gasteiger partial charge >= 0.3 is 0 Å². The highest BCUT2D eigenvalue weighted by Gasteiger charge is 2.60. The van der Waals surface area contributed by atoms with Crippen molar-refractivity contribution in [2.75, 3.05) is 38.5 Å². The molecule has 0 saturated heterocycles. The van der Waals surface area contributed by atoms with Crippen LogP contribution in [0.15, 0.2) is 165 Å². The van der Waals surface area contributed by atoms with Crippen molar-refractivity contribution in [2.24, 2.45) is 0 Å². The number of methoxy groups -OCH3 is 3. The van der Waals surface area contributed by atoms with Crippen molar-refractivity contribution in [3.63, 3.8) is 0 Å². The van der Waals surface area contributed by atoms with Gasteiger partial charge in [-0.25, -0.2) is 34.3 Å². The number of ether oxygens (including phenoxy) is 3. The number of carbonyl (C=O) groups excluding carboxylic acids is 6. The predicted molar refractivity (Wildman–Crippen MR) is 471 cm³/mol. The SMILES string of the molecule is CC#CC(=O)NC12CCC(c3nc(-c4ccc(C(=O)Cc5cc(C)ccn5)cc4OC)c4c(N)nccn34)(CC1)C2.CC#CC(=O)NC12CCC(c3nc(-c4ccc(CCC(=O)c5cc(F)ccc5OC)cc4)c4c(N)nccn34)(CC1)C2.CC#CC(=O)NC12CCC(c3nc(-c4ccc(CCC(=O)c5ccccc5OC)cc4)c4c(N)nccn34)(CC1)C2. The Morgan fingerprint density at radius 3 is 1.28 bits per heavy atom. The number of benzene rings is 5. The number of hydrogen-bond acceptors (Lipinski definition) is 19. The number of carbonyl (C=O) groups is 6. The molecule has 12 aromatic rings. The lowest BCUT2D eigenvalue weighted by atomic mass is 9.83. The number of nitrogen functional groups attached to an aromatic ring is 3. The van der Waals surface area contributed by atoms with Crippen molar-refractivity contribution >= 4 is 69.1 Å². The highest BCUT2D eigenvalue weighted by atomic mass is 19.1. The van der Waals surface area contributed by atoms with Crippen LogP contribution >= 0.6 is 0 Å². The first-order valence-electron chi connectivity index (χ1n) is 41.9. The number of nitrogens with one attached hydrogen (secondary N) is 3. The molecule has 18 rings (SSSR count). The van der Waals surface area contributed by atoms with Crippen molar-refractivity contribution in [3.05, 3.63) is 227 Å². The normalized spacial score (nSPS) is 20.9. The van der Waals surface area contributed by atoms with Crippen molar-refractivity contribution < 1.29 is 47.4 Å². The largest absolute Gasteiger partial charge is 0.496 e. The number of anilines is 3. The van der Waals surface area contributed by atoms with Gasteiger partial charge in [0.2, 0.25) is 0 Å². The summed E-state index contributed by atoms with van der Waals surface area (Å²) in [5, 5.41) is 9.58. The average molecular weight is 1660 g/mol. The summed E-state index contributed by atoms with van der Waals surface area (Å²) in [7, 11) is 4.62. The van der Waals surface area contributed by atoms with Gasteiger partial charge in [-0.2, -0.15) is 0 Å². The van der Waals surface area contributed by atoms with E-state index in [1.165, 1.54) is 25.3 Å². The number of amides is 3. The Balaban J connectivity index is 0.000000137. The second-order valence-electron chi connectivity index (χ2n) is 33.8. The lowest BCUT2D eigenvalue weighted by Gasteiger charge is -2.27. The average Bonchev–Trinajstić information content (AvgIpc) is 1.56. The summed E-state index contributed by atoms with van der Waals surface area (Å²) in [5.74, 6) is 20.1. The summed E-state index contributed by atoms with van der Waals surface area (Å²) < 4.78 is 36.3. The van der Waals surface area contributed by atoms with Gasteiger partial charge in [0.15, 0.2) is 17.3 Å². The van der Waals surface area contributed by atoms with E-state index in [1.807, 2.05) is 109 Å². The Morgan fingerprint density at radius 1 is 0.444 bits per heavy atom. The first-order chi connectivity index (χ1) is 59.9. The molecular formula is C98H97FN16O9. The maximum absolute atomic E-state index is 13.7. The number of nitrogens with zero attached hydrogens (tertiary/aromatic N) is 10. The molecule has 7 aromatic heterocycles. The fourth-order valence-electron chi connectivity index (χ4n) is 20.3. The van der Waals surface area contributed by atoms with Crippen molar-refractivity contribution in [2.45, 2.75) is 189 Å². The standard InChI is InChI=1S/C33H32FN5O3.C33H33N5O3.C32H32N6O3/c1-3-4-27(41)38-33-15-13-32(20-33,14-16-33)31-37-28(29-30(35)36-17-18-39(29)31)22-8-5-21(6-9-22)7-11-25(40)24-19-23(34)10-12-26(24)42-2;1-3-6-27(40)37-33-17-15-32(21-33,16-18-33)31-36-28(29-30(34)35-19-20-38(29)31)23-12-9-22(10-13-23)11-14-25(39)24-7-4-5-8-26(24)41-2;1-4-5-26(40)37-32-11-9-31(19-32,10-12-32)30-36-27(28-29(33)35-14-15-38(28)30)23-7-6-21(17-25(23)41-3)24(39)18-22-16-20(2)8-13-34-22/h5-6,8-10,12,17-19H,7,11,13-16,20H2,1-2H3,(H2,35,36)(H,38,41);4-5,7-10,12-13,19-20H,11,14-18,21H2,1-2H3,(H2,34,35)(H,37,40);6-8,13-17H,9-12,18-19H2,1-3H3,(H2,33,35)(H,37,40). The van der Waals surface area contributed by atoms with Gasteiger partial charge in [0.05, 0.1) is 38.9 Å². The molecule has 3 amide bonds. The number of hydrogen-bond donors (Lipinski definition) is 6. The lowest BCUT2D eigenvalue weighted by Crippen LogP contribution is -2.44. The first-order valence-corrected chi connectivity index (χ1v) is 41.9. The van der Waals surface area contributed by atoms with Crippen LogP contribution in [-0.2, 0) is 49.9 Å². The van der Waals surface area contributed by atoms with Gasteiger partial charge in [-0.3, -0.25) is 47.0 Å². The molecule has 0 atom stereocenters. The molecule has 5 aromatic carbocycles. The van der Waals surface area contributed by atoms with E-state index in [4.69, 9.17) is 46.4 Å². The summed E-state index contributed by atoms with van der Waals surface area (Å²) in [4.78, 5) is 109. The number of imidazole rings is 3. The molecule has 0 spiro atoms. The fourth-order valence-corrected chi connectivity index (χ4v) is 20.3. The monoisotopic (exact) mass is 1660 g/mol. The number of ketones is 3. The van der Waals surface area contributed by atoms with Crippen molar-refractivity contribution in [1.82, 2.24) is 64.0 Å². The molecule has 6 aliphatic rings. The van der Waals surface area contributed by atoms with Crippen LogP contribution in [0.4, 0.5) is 21.8 Å². The smallest absolute Gasteiger partial charge is 0.296 e. The highest BCUT2D eigenvalue weighted by molar-refractivity contribution is 6.01. The van der Waals surface area contributed by atoms with Gasteiger partial charge in [-0.1, -0.05) is 84.5 Å². The van der Waals surface area contributed by atoms with Gasteiger partial charge in [-0.05, 0) is 226 Å². The minimum atomic E-state index is -0.472. The molecule has 0 unspecified atom stereocenters. The number of aromatic nitrogens is 10. The van der Waals surface area contributed by atoms with Crippen LogP contribution in [0.1, 0.15) is 201 Å². The number of rotatable bonds is 23. The van der Waals surface area contributed by atoms with E-state index < -0.39 is 5.82 Å². The molecule has 6 saturated carbocycles. The quantitative estimate of drug-likeness (QED) is 0.0256. The number of halogens is 1. The lowest BCUT2D eigenvalue weighted by molar-refractivity contribution is -0.118. The summed E-state index contributed by atoms with van der Waals surface area (Å²) in [5.41, 5.74) is 30.2. The number of para-hydroxylation sites is 1. The zero-order valence-electron chi connectivity index (χ0n) is 70.5. The third kappa shape index (κ3) is 16.1. The third-order valence-corrected chi connectivity index (χ3v) is 26.2. The fraction of sp³-hybridized carbons (Fsp3) is 0.337. The van der Waals surface area contributed by atoms with Crippen LogP contribution in [-0.4, -0.2) is 121 Å². The minimum absolute atomic E-state index is 0.0496. The molecule has 6 aliphatic carbocycles. The second-order valence-corrected chi connectivity index (χ2v) is 33.8. The van der Waals surface area contributed by atoms with Crippen molar-refractivity contribution in [3.8, 4) is 86.5 Å². The van der Waals surface area contributed by atoms with Crippen LogP contribution in [0, 0.1) is 48.3 Å². The number of aryl methyl sites for hydroxylation is 3. The Hall–Kier alpha value is -14.1. The molecule has 25 nitrogen and oxygen atoms in total. The van der Waals surface area contributed by atoms with E-state index in [1.54, 1.807) is 84.0 Å². The molecule has 0 radical (unpaired) electrons. The molecule has 124 heavy (non-hydrogen) atoms. The first kappa shape index (κ1) is 83.6. The molecule has 6 fully saturated rings. The number of nitrogens with two attached hydrogens (primary N) is 3. The molecule has 7 heterocycles. The van der Waals surface area contributed by atoms with E-state index in [0.29, 0.717) is 76.3 Å². The number of Topliss-reactive ketones (excluding diaryl/α,β-unsaturated/α-hetero) is 3. The summed E-state index contributed by atoms with van der Waals surface area (Å²) >= 11 is 0. The molecule has 9 N–H and O–H groups in total. The Labute approximate surface area is 717 Å². The van der Waals surface area contributed by atoms with Gasteiger partial charge in [0.1, 0.15) is 91.6 Å². The minimum Gasteiger partial charge on any atom is -0.496 e. The van der Waals surface area contributed by atoms with Gasteiger partial charge in [0, 0.05) is 117 Å². The van der Waals surface area contributed by atoms with Crippen LogP contribution in [0.5, 0.6) is 17.2 Å². The zero-order valence-corrected chi connectivity index (χ0v) is 70.5. The van der Waals surface area contributed by atoms with Crippen LogP contribution in [0.2, 0.25) is 0 Å². The van der Waals surface area contributed by atoms with Crippen LogP contribution in [0.25, 0.3) is 50.3 Å². The molecule has 26 heteroatoms. The topological polar surface area (TPSA) is 348 Å². The van der Waals surface area contributed by atoms with E-state index in [-0.39, 0.29) is 86.3 Å². The van der Waals surface area contributed by atoms with E-state index in [0.717, 1.165) is 175 Å². The Bertz CT molecular complexity index is 6440. The van der Waals surface area contributed by atoms with Gasteiger partial charge in [0.25, 0.3) is 17.7 Å². The van der Waals surface area contributed by atoms with E-state index in [9.17, 15) is 33.2 Å². The second kappa shape index (κ2) is 34.1. The van der Waals surface area contributed by atoms with Gasteiger partial charge < -0.3 is 47.4 Å². The highest BCUT2D eigenvalue weighted by Crippen LogP contribution is 2.61. The molecule has 6 bridgehead atoms. The Morgan fingerprint density at radius 2 is 0.855 bits per heavy atom. The van der Waals surface area contributed by atoms with E-state index in [2.05, 4.69) is 80.2 Å². The maximum atomic E-state index is 13.7.